The predicted molar refractivity (Wildman–Crippen MR) is 210 cm³/mol. The molecule has 1 aliphatic rings. The van der Waals surface area contributed by atoms with Gasteiger partial charge in [-0.05, 0) is 56.6 Å². The molecule has 0 fully saturated rings. The first kappa shape index (κ1) is 30.9. The molecule has 1 aliphatic carbocycles. The van der Waals surface area contributed by atoms with Crippen molar-refractivity contribution in [1.29, 1.82) is 0 Å². The van der Waals surface area contributed by atoms with E-state index >= 15 is 0 Å². The van der Waals surface area contributed by atoms with Crippen molar-refractivity contribution in [3.05, 3.63) is 163 Å². The first-order valence-electron chi connectivity index (χ1n) is 17.2. The smallest absolute Gasteiger partial charge is 0.160 e. The molecule has 0 saturated heterocycles. The summed E-state index contributed by atoms with van der Waals surface area (Å²) in [5.41, 5.74) is 15.1. The molecule has 2 nitrogen and oxygen atoms in total. The second-order valence-corrected chi connectivity index (χ2v) is 19.8. The standard InChI is InChI=1S/C46H40N2Si/c1-46(2)41-14-10-9-13-39(41)40-28-25-37(29-42(40)46)45-47-43(35-11-7-6-8-12-35)30-44(48-45)36-21-19-33(20-22-36)31-15-17-32(18-16-31)34-23-26-38(27-24-34)49(3,4)5/h6-30H,1-5H3. The summed E-state index contributed by atoms with van der Waals surface area (Å²) < 4.78 is 0. The highest BCUT2D eigenvalue weighted by Crippen LogP contribution is 2.49. The number of hydrogen-bond donors (Lipinski definition) is 0. The first-order valence-corrected chi connectivity index (χ1v) is 20.7. The van der Waals surface area contributed by atoms with Crippen molar-refractivity contribution in [2.75, 3.05) is 0 Å². The summed E-state index contributed by atoms with van der Waals surface area (Å²) in [5, 5.41) is 1.49. The van der Waals surface area contributed by atoms with Crippen LogP contribution in [0, 0.1) is 0 Å². The maximum Gasteiger partial charge on any atom is 0.160 e. The second-order valence-electron chi connectivity index (χ2n) is 14.7. The van der Waals surface area contributed by atoms with Crippen LogP contribution in [0.3, 0.4) is 0 Å². The van der Waals surface area contributed by atoms with Crippen molar-refractivity contribution in [2.24, 2.45) is 0 Å². The third-order valence-corrected chi connectivity index (χ3v) is 12.2. The molecule has 0 atom stereocenters. The predicted octanol–water partition coefficient (Wildman–Crippen LogP) is 11.7. The third kappa shape index (κ3) is 5.75. The number of fused-ring (bicyclic) bond motifs is 3. The molecule has 0 aliphatic heterocycles. The number of benzene rings is 6. The van der Waals surface area contributed by atoms with Gasteiger partial charge in [-0.2, -0.15) is 0 Å². The van der Waals surface area contributed by atoms with Crippen LogP contribution >= 0.6 is 0 Å². The molecule has 0 unspecified atom stereocenters. The van der Waals surface area contributed by atoms with Crippen LogP contribution in [0.2, 0.25) is 19.6 Å². The zero-order chi connectivity index (χ0) is 33.8. The SMILES string of the molecule is CC1(C)c2ccccc2-c2ccc(-c3nc(-c4ccccc4)cc(-c4ccc(-c5ccc(-c6ccc([Si](C)(C)C)cc6)cc5)cc4)n3)cc21. The minimum absolute atomic E-state index is 0.0892. The first-order chi connectivity index (χ1) is 23.6. The molecule has 1 aromatic heterocycles. The summed E-state index contributed by atoms with van der Waals surface area (Å²) in [6.45, 7) is 11.8. The molecule has 238 valence electrons. The lowest BCUT2D eigenvalue weighted by Crippen LogP contribution is -2.37. The minimum atomic E-state index is -1.31. The van der Waals surface area contributed by atoms with Crippen LogP contribution in [0.4, 0.5) is 0 Å². The van der Waals surface area contributed by atoms with Gasteiger partial charge < -0.3 is 0 Å². The molecule has 0 spiro atoms. The van der Waals surface area contributed by atoms with E-state index in [1.54, 1.807) is 0 Å². The molecular formula is C46H40N2Si. The van der Waals surface area contributed by atoms with Gasteiger partial charge in [-0.1, -0.05) is 178 Å². The van der Waals surface area contributed by atoms with E-state index in [1.807, 2.05) is 6.07 Å². The average Bonchev–Trinajstić information content (AvgIpc) is 3.37. The fraction of sp³-hybridized carbons (Fsp3) is 0.130. The highest BCUT2D eigenvalue weighted by molar-refractivity contribution is 6.88. The summed E-state index contributed by atoms with van der Waals surface area (Å²) in [6, 6.07) is 54.8. The van der Waals surface area contributed by atoms with Crippen molar-refractivity contribution in [2.45, 2.75) is 38.9 Å². The van der Waals surface area contributed by atoms with E-state index < -0.39 is 8.07 Å². The van der Waals surface area contributed by atoms with Crippen molar-refractivity contribution < 1.29 is 0 Å². The van der Waals surface area contributed by atoms with Gasteiger partial charge in [0.25, 0.3) is 0 Å². The number of rotatable bonds is 6. The van der Waals surface area contributed by atoms with Crippen molar-refractivity contribution in [3.8, 4) is 67.3 Å². The second kappa shape index (κ2) is 11.9. The van der Waals surface area contributed by atoms with Crippen LogP contribution in [0.5, 0.6) is 0 Å². The Bertz CT molecular complexity index is 2300. The molecule has 3 heteroatoms. The Morgan fingerprint density at radius 1 is 0.408 bits per heavy atom. The number of aromatic nitrogens is 2. The van der Waals surface area contributed by atoms with Crippen LogP contribution in [0.15, 0.2) is 152 Å². The molecule has 0 N–H and O–H groups in total. The van der Waals surface area contributed by atoms with Gasteiger partial charge >= 0.3 is 0 Å². The normalized spacial score (nSPS) is 13.2. The fourth-order valence-corrected chi connectivity index (χ4v) is 8.34. The highest BCUT2D eigenvalue weighted by atomic mass is 28.3. The van der Waals surface area contributed by atoms with Crippen LogP contribution in [-0.4, -0.2) is 18.0 Å². The monoisotopic (exact) mass is 648 g/mol. The van der Waals surface area contributed by atoms with Gasteiger partial charge in [0, 0.05) is 22.1 Å². The lowest BCUT2D eigenvalue weighted by Gasteiger charge is -2.21. The average molecular weight is 649 g/mol. The van der Waals surface area contributed by atoms with Gasteiger partial charge in [-0.25, -0.2) is 9.97 Å². The topological polar surface area (TPSA) is 25.8 Å². The molecule has 0 bridgehead atoms. The van der Waals surface area contributed by atoms with Crippen LogP contribution < -0.4 is 5.19 Å². The van der Waals surface area contributed by atoms with Crippen LogP contribution in [0.25, 0.3) is 67.3 Å². The molecule has 7 aromatic rings. The summed E-state index contributed by atoms with van der Waals surface area (Å²) >= 11 is 0. The molecule has 1 heterocycles. The Labute approximate surface area is 291 Å². The van der Waals surface area contributed by atoms with Gasteiger partial charge in [-0.15, -0.1) is 0 Å². The Morgan fingerprint density at radius 2 is 0.857 bits per heavy atom. The van der Waals surface area contributed by atoms with Crippen LogP contribution in [0.1, 0.15) is 25.0 Å². The largest absolute Gasteiger partial charge is 0.228 e. The summed E-state index contributed by atoms with van der Waals surface area (Å²) in [5.74, 6) is 0.739. The van der Waals surface area contributed by atoms with Gasteiger partial charge in [-0.3, -0.25) is 0 Å². The zero-order valence-corrected chi connectivity index (χ0v) is 29.8. The summed E-state index contributed by atoms with van der Waals surface area (Å²) in [4.78, 5) is 10.3. The Morgan fingerprint density at radius 3 is 1.43 bits per heavy atom. The molecule has 49 heavy (non-hydrogen) atoms. The highest BCUT2D eigenvalue weighted by Gasteiger charge is 2.35. The van der Waals surface area contributed by atoms with E-state index in [1.165, 1.54) is 49.7 Å². The van der Waals surface area contributed by atoms with Gasteiger partial charge in [0.15, 0.2) is 5.82 Å². The molecule has 0 radical (unpaired) electrons. The number of hydrogen-bond acceptors (Lipinski definition) is 2. The lowest BCUT2D eigenvalue weighted by atomic mass is 9.82. The maximum absolute atomic E-state index is 5.18. The number of nitrogens with zero attached hydrogens (tertiary/aromatic N) is 2. The Hall–Kier alpha value is -5.38. The minimum Gasteiger partial charge on any atom is -0.228 e. The third-order valence-electron chi connectivity index (χ3n) is 10.1. The summed E-state index contributed by atoms with van der Waals surface area (Å²) in [7, 11) is -1.31. The molecule has 0 amide bonds. The van der Waals surface area contributed by atoms with E-state index in [0.717, 1.165) is 33.9 Å². The molecule has 0 saturated carbocycles. The van der Waals surface area contributed by atoms with Gasteiger partial charge in [0.1, 0.15) is 0 Å². The zero-order valence-electron chi connectivity index (χ0n) is 28.8. The van der Waals surface area contributed by atoms with Gasteiger partial charge in [0.05, 0.1) is 19.5 Å². The Balaban J connectivity index is 1.13. The van der Waals surface area contributed by atoms with E-state index in [9.17, 15) is 0 Å². The van der Waals surface area contributed by atoms with E-state index in [4.69, 9.17) is 9.97 Å². The molecule has 8 rings (SSSR count). The van der Waals surface area contributed by atoms with Gasteiger partial charge in [0.2, 0.25) is 0 Å². The van der Waals surface area contributed by atoms with E-state index in [-0.39, 0.29) is 5.41 Å². The molecular weight excluding hydrogens is 609 g/mol. The van der Waals surface area contributed by atoms with Crippen molar-refractivity contribution in [3.63, 3.8) is 0 Å². The van der Waals surface area contributed by atoms with Crippen molar-refractivity contribution >= 4 is 13.3 Å². The van der Waals surface area contributed by atoms with Crippen molar-refractivity contribution in [1.82, 2.24) is 9.97 Å². The maximum atomic E-state index is 5.18. The van der Waals surface area contributed by atoms with E-state index in [2.05, 4.69) is 179 Å². The van der Waals surface area contributed by atoms with E-state index in [0.29, 0.717) is 0 Å². The summed E-state index contributed by atoms with van der Waals surface area (Å²) in [6.07, 6.45) is 0. The van der Waals surface area contributed by atoms with Crippen LogP contribution in [-0.2, 0) is 5.41 Å². The fourth-order valence-electron chi connectivity index (χ4n) is 7.18. The quantitative estimate of drug-likeness (QED) is 0.168. The Kier molecular flexibility index (Phi) is 7.54. The lowest BCUT2D eigenvalue weighted by molar-refractivity contribution is 0.660. The molecule has 6 aromatic carbocycles.